The molecule has 0 unspecified atom stereocenters. The number of hydrogen-bond acceptors (Lipinski definition) is 3. The van der Waals surface area contributed by atoms with Crippen LogP contribution in [0.5, 0.6) is 0 Å². The van der Waals surface area contributed by atoms with Crippen LogP contribution in [0.15, 0.2) is 17.2 Å². The number of aromatic amines is 1. The minimum Gasteiger partial charge on any atom is -0.478 e. The molecule has 2 aromatic rings. The van der Waals surface area contributed by atoms with E-state index in [0.717, 1.165) is 0 Å². The molecular formula is C8H7N3O3. The summed E-state index contributed by atoms with van der Waals surface area (Å²) in [7, 11) is 1.50. The van der Waals surface area contributed by atoms with Crippen LogP contribution in [0.1, 0.15) is 10.4 Å². The van der Waals surface area contributed by atoms with E-state index in [4.69, 9.17) is 5.11 Å². The molecule has 0 saturated carbocycles. The van der Waals surface area contributed by atoms with Crippen LogP contribution < -0.4 is 5.56 Å². The fraction of sp³-hybridized carbons (Fsp3) is 0.125. The molecule has 2 heterocycles. The minimum absolute atomic E-state index is 0.0413. The molecular weight excluding hydrogens is 186 g/mol. The minimum atomic E-state index is -1.09. The molecule has 0 aliphatic carbocycles. The van der Waals surface area contributed by atoms with Gasteiger partial charge in [-0.15, -0.1) is 0 Å². The molecule has 2 aromatic heterocycles. The molecule has 6 heteroatoms. The first-order valence-corrected chi connectivity index (χ1v) is 3.87. The summed E-state index contributed by atoms with van der Waals surface area (Å²) < 4.78 is 1.22. The molecule has 0 aliphatic heterocycles. The van der Waals surface area contributed by atoms with Crippen molar-refractivity contribution in [3.63, 3.8) is 0 Å². The van der Waals surface area contributed by atoms with Crippen LogP contribution in [-0.4, -0.2) is 25.8 Å². The number of carbonyl (C=O) groups is 1. The zero-order valence-corrected chi connectivity index (χ0v) is 7.31. The van der Waals surface area contributed by atoms with Crippen LogP contribution in [0, 0.1) is 0 Å². The van der Waals surface area contributed by atoms with E-state index in [0.29, 0.717) is 0 Å². The number of aromatic carboxylic acids is 1. The van der Waals surface area contributed by atoms with Crippen LogP contribution >= 0.6 is 0 Å². The molecule has 0 fully saturated rings. The van der Waals surface area contributed by atoms with Gasteiger partial charge in [-0.25, -0.2) is 4.79 Å². The van der Waals surface area contributed by atoms with Gasteiger partial charge in [-0.1, -0.05) is 0 Å². The SMILES string of the molecule is Cn1cc(C(=O)O)c2[nH]ncc2c1=O. The molecule has 6 nitrogen and oxygen atoms in total. The zero-order chi connectivity index (χ0) is 10.3. The third-order valence-corrected chi connectivity index (χ3v) is 2.01. The summed E-state index contributed by atoms with van der Waals surface area (Å²) in [5.41, 5.74) is 0.0407. The highest BCUT2D eigenvalue weighted by atomic mass is 16.4. The number of pyridine rings is 1. The van der Waals surface area contributed by atoms with Crippen molar-refractivity contribution in [2.24, 2.45) is 7.05 Å². The van der Waals surface area contributed by atoms with Gasteiger partial charge in [-0.3, -0.25) is 9.89 Å². The fourth-order valence-electron chi connectivity index (χ4n) is 1.32. The number of fused-ring (bicyclic) bond motifs is 1. The quantitative estimate of drug-likeness (QED) is 0.665. The monoisotopic (exact) mass is 193 g/mol. The normalized spacial score (nSPS) is 10.6. The highest BCUT2D eigenvalue weighted by Gasteiger charge is 2.13. The van der Waals surface area contributed by atoms with Gasteiger partial charge in [0.05, 0.1) is 17.1 Å². The number of H-pyrrole nitrogens is 1. The highest BCUT2D eigenvalue weighted by molar-refractivity contribution is 6.00. The van der Waals surface area contributed by atoms with Gasteiger partial charge in [0.15, 0.2) is 0 Å². The summed E-state index contributed by atoms with van der Waals surface area (Å²) in [6.45, 7) is 0. The lowest BCUT2D eigenvalue weighted by molar-refractivity contribution is 0.0698. The third-order valence-electron chi connectivity index (χ3n) is 2.01. The van der Waals surface area contributed by atoms with Crippen LogP contribution in [0.2, 0.25) is 0 Å². The summed E-state index contributed by atoms with van der Waals surface area (Å²) in [5, 5.41) is 15.3. The molecule has 0 atom stereocenters. The molecule has 0 spiro atoms. The second-order valence-corrected chi connectivity index (χ2v) is 2.92. The lowest BCUT2D eigenvalue weighted by Gasteiger charge is -2.00. The van der Waals surface area contributed by atoms with Gasteiger partial charge in [-0.05, 0) is 0 Å². The second-order valence-electron chi connectivity index (χ2n) is 2.92. The van der Waals surface area contributed by atoms with Gasteiger partial charge in [0, 0.05) is 13.2 Å². The molecule has 0 saturated heterocycles. The molecule has 0 bridgehead atoms. The molecule has 2 N–H and O–H groups in total. The highest BCUT2D eigenvalue weighted by Crippen LogP contribution is 2.10. The van der Waals surface area contributed by atoms with Gasteiger partial charge in [0.25, 0.3) is 5.56 Å². The van der Waals surface area contributed by atoms with E-state index in [1.807, 2.05) is 0 Å². The first-order chi connectivity index (χ1) is 6.61. The van der Waals surface area contributed by atoms with E-state index < -0.39 is 5.97 Å². The summed E-state index contributed by atoms with van der Waals surface area (Å²) in [6, 6.07) is 0. The van der Waals surface area contributed by atoms with Crippen LogP contribution in [0.25, 0.3) is 10.9 Å². The molecule has 0 aromatic carbocycles. The lowest BCUT2D eigenvalue weighted by Crippen LogP contribution is -2.18. The second kappa shape index (κ2) is 2.69. The molecule has 0 amide bonds. The van der Waals surface area contributed by atoms with Crippen molar-refractivity contribution in [3.8, 4) is 0 Å². The Kier molecular flexibility index (Phi) is 1.63. The number of nitrogens with one attached hydrogen (secondary N) is 1. The maximum atomic E-state index is 11.5. The fourth-order valence-corrected chi connectivity index (χ4v) is 1.32. The van der Waals surface area contributed by atoms with E-state index >= 15 is 0 Å². The van der Waals surface area contributed by atoms with Crippen molar-refractivity contribution in [2.75, 3.05) is 0 Å². The molecule has 0 radical (unpaired) electrons. The van der Waals surface area contributed by atoms with Gasteiger partial charge in [0.2, 0.25) is 0 Å². The number of aryl methyl sites for hydroxylation is 1. The summed E-state index contributed by atoms with van der Waals surface area (Å²) in [4.78, 5) is 22.3. The number of carboxylic acids is 1. The van der Waals surface area contributed by atoms with Gasteiger partial charge in [0.1, 0.15) is 5.56 Å². The maximum Gasteiger partial charge on any atom is 0.339 e. The number of carboxylic acid groups (broad SMARTS) is 1. The predicted molar refractivity (Wildman–Crippen MR) is 48.3 cm³/mol. The van der Waals surface area contributed by atoms with Crippen molar-refractivity contribution in [2.45, 2.75) is 0 Å². The Labute approximate surface area is 77.8 Å². The molecule has 0 aliphatic rings. The topological polar surface area (TPSA) is 88.0 Å². The lowest BCUT2D eigenvalue weighted by atomic mass is 10.2. The van der Waals surface area contributed by atoms with Gasteiger partial charge < -0.3 is 9.67 Å². The molecule has 14 heavy (non-hydrogen) atoms. The number of hydrogen-bond donors (Lipinski definition) is 2. The Bertz CT molecular complexity index is 567. The zero-order valence-electron chi connectivity index (χ0n) is 7.31. The molecule has 2 rings (SSSR count). The van der Waals surface area contributed by atoms with Crippen LogP contribution in [0.4, 0.5) is 0 Å². The van der Waals surface area contributed by atoms with Crippen molar-refractivity contribution in [1.29, 1.82) is 0 Å². The summed E-state index contributed by atoms with van der Waals surface area (Å²) in [5.74, 6) is -1.09. The Hall–Kier alpha value is -2.11. The van der Waals surface area contributed by atoms with Crippen molar-refractivity contribution in [1.82, 2.24) is 14.8 Å². The van der Waals surface area contributed by atoms with Crippen molar-refractivity contribution in [3.05, 3.63) is 28.3 Å². The smallest absolute Gasteiger partial charge is 0.339 e. The van der Waals surface area contributed by atoms with Crippen molar-refractivity contribution < 1.29 is 9.90 Å². The Morgan fingerprint density at radius 1 is 1.64 bits per heavy atom. The van der Waals surface area contributed by atoms with E-state index in [2.05, 4.69) is 10.2 Å². The number of rotatable bonds is 1. The van der Waals surface area contributed by atoms with Crippen LogP contribution in [0.3, 0.4) is 0 Å². The summed E-state index contributed by atoms with van der Waals surface area (Å²) >= 11 is 0. The Morgan fingerprint density at radius 3 is 3.00 bits per heavy atom. The Balaban J connectivity index is 2.99. The predicted octanol–water partition coefficient (Wildman–Crippen LogP) is -0.0402. The van der Waals surface area contributed by atoms with Crippen molar-refractivity contribution >= 4 is 16.9 Å². The van der Waals surface area contributed by atoms with Gasteiger partial charge >= 0.3 is 5.97 Å². The van der Waals surface area contributed by atoms with E-state index in [9.17, 15) is 9.59 Å². The van der Waals surface area contributed by atoms with Crippen LogP contribution in [-0.2, 0) is 7.05 Å². The standard InChI is InChI=1S/C8H7N3O3/c1-11-3-5(8(13)14)6-4(7(11)12)2-9-10-6/h2-3H,1H3,(H,9,10)(H,13,14). The molecule has 72 valence electrons. The maximum absolute atomic E-state index is 11.5. The third kappa shape index (κ3) is 1.00. The first-order valence-electron chi connectivity index (χ1n) is 3.87. The van der Waals surface area contributed by atoms with E-state index in [1.165, 1.54) is 24.0 Å². The Morgan fingerprint density at radius 2 is 2.36 bits per heavy atom. The average molecular weight is 193 g/mol. The number of aromatic nitrogens is 3. The largest absolute Gasteiger partial charge is 0.478 e. The van der Waals surface area contributed by atoms with Gasteiger partial charge in [-0.2, -0.15) is 5.10 Å². The number of nitrogens with zero attached hydrogens (tertiary/aromatic N) is 2. The summed E-state index contributed by atoms with van der Waals surface area (Å²) in [6.07, 6.45) is 2.59. The van der Waals surface area contributed by atoms with E-state index in [-0.39, 0.29) is 22.0 Å². The first kappa shape index (κ1) is 8.49. The van der Waals surface area contributed by atoms with E-state index in [1.54, 1.807) is 0 Å². The average Bonchev–Trinajstić information content (AvgIpc) is 2.59.